The van der Waals surface area contributed by atoms with E-state index in [1.807, 2.05) is 18.2 Å². The predicted octanol–water partition coefficient (Wildman–Crippen LogP) is 2.55. The second-order valence-corrected chi connectivity index (χ2v) is 4.07. The number of hydrogen-bond donors (Lipinski definition) is 0. The van der Waals surface area contributed by atoms with Gasteiger partial charge in [-0.15, -0.1) is 0 Å². The van der Waals surface area contributed by atoms with Crippen LogP contribution in [0.5, 0.6) is 0 Å². The minimum Gasteiger partial charge on any atom is -0.299 e. The molecule has 14 heavy (non-hydrogen) atoms. The van der Waals surface area contributed by atoms with Crippen LogP contribution < -0.4 is 0 Å². The second kappa shape index (κ2) is 3.91. The van der Waals surface area contributed by atoms with Gasteiger partial charge in [0.1, 0.15) is 5.78 Å². The Morgan fingerprint density at radius 1 is 1.43 bits per heavy atom. The molecule has 0 aromatic carbocycles. The average Bonchev–Trinajstić information content (AvgIpc) is 2.19. The lowest BCUT2D eigenvalue weighted by Gasteiger charge is -2.26. The average molecular weight is 189 g/mol. The first kappa shape index (κ1) is 9.38. The molecule has 2 nitrogen and oxygen atoms in total. The third kappa shape index (κ3) is 1.69. The van der Waals surface area contributed by atoms with E-state index in [1.165, 1.54) is 0 Å². The van der Waals surface area contributed by atoms with Gasteiger partial charge in [0.2, 0.25) is 0 Å². The molecular formula is C12H15NO. The third-order valence-electron chi connectivity index (χ3n) is 3.00. The summed E-state index contributed by atoms with van der Waals surface area (Å²) in [5, 5.41) is 0. The lowest BCUT2D eigenvalue weighted by Crippen LogP contribution is -2.25. The van der Waals surface area contributed by atoms with Gasteiger partial charge in [-0.3, -0.25) is 9.78 Å². The molecule has 1 saturated carbocycles. The van der Waals surface area contributed by atoms with Crippen molar-refractivity contribution < 1.29 is 4.79 Å². The third-order valence-corrected chi connectivity index (χ3v) is 3.00. The minimum atomic E-state index is 0.0462. The van der Waals surface area contributed by atoms with Crippen LogP contribution in [0.15, 0.2) is 24.4 Å². The van der Waals surface area contributed by atoms with Gasteiger partial charge in [-0.05, 0) is 30.9 Å². The molecule has 2 unspecified atom stereocenters. The Hall–Kier alpha value is -1.18. The van der Waals surface area contributed by atoms with Gasteiger partial charge in [0, 0.05) is 12.6 Å². The fraction of sp³-hybridized carbons (Fsp3) is 0.500. The number of nitrogens with zero attached hydrogens (tertiary/aromatic N) is 1. The van der Waals surface area contributed by atoms with Gasteiger partial charge in [-0.2, -0.15) is 0 Å². The summed E-state index contributed by atoms with van der Waals surface area (Å²) in [6.45, 7) is 2.15. The van der Waals surface area contributed by atoms with E-state index < -0.39 is 0 Å². The quantitative estimate of drug-likeness (QED) is 0.679. The molecule has 1 fully saturated rings. The first-order valence-corrected chi connectivity index (χ1v) is 5.22. The van der Waals surface area contributed by atoms with Crippen LogP contribution >= 0.6 is 0 Å². The van der Waals surface area contributed by atoms with E-state index in [4.69, 9.17) is 0 Å². The standard InChI is InChI=1S/C12H15NO/c1-9-5-4-7-11(14)12(9)10-6-2-3-8-13-10/h2-3,6,8-9,12H,4-5,7H2,1H3. The van der Waals surface area contributed by atoms with E-state index in [2.05, 4.69) is 11.9 Å². The highest BCUT2D eigenvalue weighted by atomic mass is 16.1. The van der Waals surface area contributed by atoms with Crippen molar-refractivity contribution >= 4 is 5.78 Å². The summed E-state index contributed by atoms with van der Waals surface area (Å²) >= 11 is 0. The van der Waals surface area contributed by atoms with Crippen molar-refractivity contribution in [2.45, 2.75) is 32.1 Å². The Morgan fingerprint density at radius 2 is 2.29 bits per heavy atom. The van der Waals surface area contributed by atoms with Crippen molar-refractivity contribution in [2.75, 3.05) is 0 Å². The molecule has 0 bridgehead atoms. The second-order valence-electron chi connectivity index (χ2n) is 4.07. The first-order valence-electron chi connectivity index (χ1n) is 5.22. The lowest BCUT2D eigenvalue weighted by atomic mass is 9.77. The zero-order valence-corrected chi connectivity index (χ0v) is 8.44. The molecule has 0 spiro atoms. The highest BCUT2D eigenvalue weighted by Crippen LogP contribution is 2.33. The molecule has 2 rings (SSSR count). The van der Waals surface area contributed by atoms with Crippen LogP contribution in [0.25, 0.3) is 0 Å². The molecule has 1 aliphatic rings. The largest absolute Gasteiger partial charge is 0.299 e. The molecule has 2 atom stereocenters. The Bertz CT molecular complexity index is 320. The van der Waals surface area contributed by atoms with Gasteiger partial charge in [-0.25, -0.2) is 0 Å². The molecule has 0 saturated heterocycles. The smallest absolute Gasteiger partial charge is 0.142 e. The number of carbonyl (C=O) groups excluding carboxylic acids is 1. The molecule has 0 amide bonds. The maximum Gasteiger partial charge on any atom is 0.142 e. The summed E-state index contributed by atoms with van der Waals surface area (Å²) < 4.78 is 0. The molecule has 1 aromatic rings. The minimum absolute atomic E-state index is 0.0462. The van der Waals surface area contributed by atoms with E-state index in [1.54, 1.807) is 6.20 Å². The summed E-state index contributed by atoms with van der Waals surface area (Å²) in [5.41, 5.74) is 0.949. The molecule has 74 valence electrons. The van der Waals surface area contributed by atoms with Crippen molar-refractivity contribution in [1.82, 2.24) is 4.98 Å². The summed E-state index contributed by atoms with van der Waals surface area (Å²) in [5.74, 6) is 0.860. The van der Waals surface area contributed by atoms with Gasteiger partial charge in [-0.1, -0.05) is 13.0 Å². The number of Topliss-reactive ketones (excluding diaryl/α,β-unsaturated/α-hetero) is 1. The van der Waals surface area contributed by atoms with Gasteiger partial charge in [0.15, 0.2) is 0 Å². The van der Waals surface area contributed by atoms with Gasteiger partial charge >= 0.3 is 0 Å². The van der Waals surface area contributed by atoms with E-state index in [9.17, 15) is 4.79 Å². The van der Waals surface area contributed by atoms with E-state index in [0.29, 0.717) is 11.7 Å². The fourth-order valence-electron chi connectivity index (χ4n) is 2.25. The predicted molar refractivity (Wildman–Crippen MR) is 55.0 cm³/mol. The van der Waals surface area contributed by atoms with Crippen molar-refractivity contribution in [2.24, 2.45) is 5.92 Å². The van der Waals surface area contributed by atoms with Crippen molar-refractivity contribution in [3.63, 3.8) is 0 Å². The lowest BCUT2D eigenvalue weighted by molar-refractivity contribution is -0.123. The van der Waals surface area contributed by atoms with E-state index in [0.717, 1.165) is 25.0 Å². The van der Waals surface area contributed by atoms with Crippen LogP contribution in [-0.2, 0) is 4.79 Å². The zero-order chi connectivity index (χ0) is 9.97. The number of pyridine rings is 1. The molecule has 0 radical (unpaired) electrons. The Labute approximate surface area is 84.4 Å². The molecule has 0 aliphatic heterocycles. The van der Waals surface area contributed by atoms with Crippen LogP contribution in [-0.4, -0.2) is 10.8 Å². The number of ketones is 1. The number of rotatable bonds is 1. The van der Waals surface area contributed by atoms with Crippen molar-refractivity contribution in [3.05, 3.63) is 30.1 Å². The Morgan fingerprint density at radius 3 is 2.93 bits per heavy atom. The summed E-state index contributed by atoms with van der Waals surface area (Å²) in [6, 6.07) is 5.81. The van der Waals surface area contributed by atoms with Crippen LogP contribution in [0, 0.1) is 5.92 Å². The maximum atomic E-state index is 11.8. The zero-order valence-electron chi connectivity index (χ0n) is 8.44. The number of hydrogen-bond acceptors (Lipinski definition) is 2. The van der Waals surface area contributed by atoms with E-state index in [-0.39, 0.29) is 5.92 Å². The van der Waals surface area contributed by atoms with E-state index >= 15 is 0 Å². The van der Waals surface area contributed by atoms with Crippen molar-refractivity contribution in [3.8, 4) is 0 Å². The van der Waals surface area contributed by atoms with Crippen molar-refractivity contribution in [1.29, 1.82) is 0 Å². The van der Waals surface area contributed by atoms with Gasteiger partial charge in [0.25, 0.3) is 0 Å². The van der Waals surface area contributed by atoms with Gasteiger partial charge in [0.05, 0.1) is 11.6 Å². The van der Waals surface area contributed by atoms with Crippen LogP contribution in [0.3, 0.4) is 0 Å². The van der Waals surface area contributed by atoms with Crippen LogP contribution in [0.4, 0.5) is 0 Å². The molecule has 1 aromatic heterocycles. The fourth-order valence-corrected chi connectivity index (χ4v) is 2.25. The number of carbonyl (C=O) groups is 1. The highest BCUT2D eigenvalue weighted by Gasteiger charge is 2.30. The molecule has 2 heteroatoms. The Kier molecular flexibility index (Phi) is 2.62. The topological polar surface area (TPSA) is 30.0 Å². The first-order chi connectivity index (χ1) is 6.79. The summed E-state index contributed by atoms with van der Waals surface area (Å²) in [4.78, 5) is 16.0. The normalized spacial score (nSPS) is 27.6. The highest BCUT2D eigenvalue weighted by molar-refractivity contribution is 5.86. The van der Waals surface area contributed by atoms with Gasteiger partial charge < -0.3 is 0 Å². The monoisotopic (exact) mass is 189 g/mol. The van der Waals surface area contributed by atoms with Crippen LogP contribution in [0.2, 0.25) is 0 Å². The SMILES string of the molecule is CC1CCCC(=O)C1c1ccccn1. The number of aromatic nitrogens is 1. The molecule has 1 aliphatic carbocycles. The van der Waals surface area contributed by atoms with Crippen LogP contribution in [0.1, 0.15) is 37.8 Å². The molecular weight excluding hydrogens is 174 g/mol. The maximum absolute atomic E-state index is 11.8. The molecule has 0 N–H and O–H groups in total. The Balaban J connectivity index is 2.27. The summed E-state index contributed by atoms with van der Waals surface area (Å²) in [7, 11) is 0. The molecule has 1 heterocycles. The summed E-state index contributed by atoms with van der Waals surface area (Å²) in [6.07, 6.45) is 4.69.